The quantitative estimate of drug-likeness (QED) is 0.708. The van der Waals surface area contributed by atoms with Crippen LogP contribution in [0.2, 0.25) is 0 Å². The fourth-order valence-corrected chi connectivity index (χ4v) is 0.872. The fourth-order valence-electron chi connectivity index (χ4n) is 0.478. The van der Waals surface area contributed by atoms with E-state index in [1.165, 1.54) is 12.4 Å². The average molecular weight is 209 g/mol. The molecule has 2 nitrogen and oxygen atoms in total. The van der Waals surface area contributed by atoms with Crippen molar-refractivity contribution in [2.45, 2.75) is 6.43 Å². The minimum absolute atomic E-state index is 0.102. The van der Waals surface area contributed by atoms with Gasteiger partial charge in [-0.1, -0.05) is 0 Å². The van der Waals surface area contributed by atoms with Gasteiger partial charge >= 0.3 is 0 Å². The highest BCUT2D eigenvalue weighted by Gasteiger charge is 2.12. The maximum absolute atomic E-state index is 11.9. The molecule has 1 heterocycles. The minimum Gasteiger partial charge on any atom is -0.251 e. The van der Waals surface area contributed by atoms with Gasteiger partial charge < -0.3 is 0 Å². The van der Waals surface area contributed by atoms with Crippen LogP contribution in [0.1, 0.15) is 12.1 Å². The third kappa shape index (κ3) is 1.47. The van der Waals surface area contributed by atoms with Crippen molar-refractivity contribution in [2.24, 2.45) is 0 Å². The standard InChI is InChI=1S/C5H3BrF2N2/c6-4-3(5(7)8)9-1-2-10-4/h1-2,5H. The van der Waals surface area contributed by atoms with Crippen LogP contribution in [0.25, 0.3) is 0 Å². The predicted molar refractivity (Wildman–Crippen MR) is 34.7 cm³/mol. The molecule has 0 saturated heterocycles. The van der Waals surface area contributed by atoms with Crippen LogP contribution in [0, 0.1) is 0 Å². The molecule has 54 valence electrons. The van der Waals surface area contributed by atoms with Crippen molar-refractivity contribution in [1.29, 1.82) is 0 Å². The van der Waals surface area contributed by atoms with Crippen molar-refractivity contribution in [3.63, 3.8) is 0 Å². The third-order valence-electron chi connectivity index (χ3n) is 0.886. The SMILES string of the molecule is FC(F)c1nccnc1Br. The lowest BCUT2D eigenvalue weighted by molar-refractivity contribution is 0.144. The molecule has 1 aromatic rings. The largest absolute Gasteiger partial charge is 0.283 e. The molecule has 0 radical (unpaired) electrons. The Kier molecular flexibility index (Phi) is 2.26. The minimum atomic E-state index is -2.57. The summed E-state index contributed by atoms with van der Waals surface area (Å²) in [5.74, 6) is 0. The van der Waals surface area contributed by atoms with Crippen LogP contribution in [-0.2, 0) is 0 Å². The molecule has 0 aliphatic carbocycles. The van der Waals surface area contributed by atoms with Gasteiger partial charge in [0.15, 0.2) is 0 Å². The first-order valence-corrected chi connectivity index (χ1v) is 3.25. The molecule has 0 amide bonds. The van der Waals surface area contributed by atoms with Gasteiger partial charge in [-0.25, -0.2) is 13.8 Å². The summed E-state index contributed by atoms with van der Waals surface area (Å²) in [6.45, 7) is 0. The van der Waals surface area contributed by atoms with Crippen molar-refractivity contribution in [3.8, 4) is 0 Å². The molecular weight excluding hydrogens is 206 g/mol. The molecule has 1 aromatic heterocycles. The van der Waals surface area contributed by atoms with Gasteiger partial charge in [-0.15, -0.1) is 0 Å². The van der Waals surface area contributed by atoms with Crippen LogP contribution in [0.4, 0.5) is 8.78 Å². The van der Waals surface area contributed by atoms with Gasteiger partial charge in [-0.2, -0.15) is 0 Å². The van der Waals surface area contributed by atoms with E-state index in [0.29, 0.717) is 0 Å². The van der Waals surface area contributed by atoms with Crippen LogP contribution in [0.3, 0.4) is 0 Å². The number of halogens is 3. The van der Waals surface area contributed by atoms with Gasteiger partial charge in [-0.3, -0.25) is 4.98 Å². The highest BCUT2D eigenvalue weighted by molar-refractivity contribution is 9.10. The fraction of sp³-hybridized carbons (Fsp3) is 0.200. The van der Waals surface area contributed by atoms with E-state index in [2.05, 4.69) is 25.9 Å². The van der Waals surface area contributed by atoms with Gasteiger partial charge in [0, 0.05) is 12.4 Å². The Balaban J connectivity index is 3.03. The van der Waals surface area contributed by atoms with Gasteiger partial charge in [0.05, 0.1) is 0 Å². The Bertz CT molecular complexity index is 229. The second-order valence-corrected chi connectivity index (χ2v) is 2.28. The second kappa shape index (κ2) is 3.01. The van der Waals surface area contributed by atoms with Gasteiger partial charge in [-0.05, 0) is 15.9 Å². The average Bonchev–Trinajstić information content (AvgIpc) is 1.88. The Hall–Kier alpha value is -0.580. The molecular formula is C5H3BrF2N2. The van der Waals surface area contributed by atoms with E-state index in [1.54, 1.807) is 0 Å². The summed E-state index contributed by atoms with van der Waals surface area (Å²) in [7, 11) is 0. The van der Waals surface area contributed by atoms with Crippen molar-refractivity contribution in [2.75, 3.05) is 0 Å². The first-order valence-electron chi connectivity index (χ1n) is 2.46. The first-order chi connectivity index (χ1) is 4.72. The van der Waals surface area contributed by atoms with E-state index in [-0.39, 0.29) is 10.3 Å². The molecule has 0 N–H and O–H groups in total. The molecule has 1 rings (SSSR count). The number of aromatic nitrogens is 2. The zero-order valence-corrected chi connectivity index (χ0v) is 6.35. The molecule has 0 aliphatic heterocycles. The van der Waals surface area contributed by atoms with Crippen molar-refractivity contribution >= 4 is 15.9 Å². The third-order valence-corrected chi connectivity index (χ3v) is 1.50. The number of nitrogens with zero attached hydrogens (tertiary/aromatic N) is 2. The second-order valence-electron chi connectivity index (χ2n) is 1.53. The Morgan fingerprint density at radius 1 is 1.30 bits per heavy atom. The van der Waals surface area contributed by atoms with Crippen LogP contribution < -0.4 is 0 Å². The van der Waals surface area contributed by atoms with E-state index in [9.17, 15) is 8.78 Å². The van der Waals surface area contributed by atoms with E-state index >= 15 is 0 Å². The summed E-state index contributed by atoms with van der Waals surface area (Å²) in [5, 5.41) is 0. The maximum atomic E-state index is 11.9. The van der Waals surface area contributed by atoms with Gasteiger partial charge in [0.1, 0.15) is 10.3 Å². The first kappa shape index (κ1) is 7.53. The van der Waals surface area contributed by atoms with E-state index in [0.717, 1.165) is 0 Å². The summed E-state index contributed by atoms with van der Waals surface area (Å²) in [6.07, 6.45) is 0.00505. The molecule has 0 bridgehead atoms. The molecule has 0 aromatic carbocycles. The Morgan fingerprint density at radius 2 is 1.90 bits per heavy atom. The van der Waals surface area contributed by atoms with E-state index < -0.39 is 6.43 Å². The maximum Gasteiger partial charge on any atom is 0.283 e. The molecule has 0 saturated carbocycles. The van der Waals surface area contributed by atoms with Crippen molar-refractivity contribution in [3.05, 3.63) is 22.7 Å². The summed E-state index contributed by atoms with van der Waals surface area (Å²) < 4.78 is 23.9. The molecule has 0 fully saturated rings. The van der Waals surface area contributed by atoms with Crippen LogP contribution in [0.5, 0.6) is 0 Å². The van der Waals surface area contributed by atoms with Crippen molar-refractivity contribution in [1.82, 2.24) is 9.97 Å². The number of alkyl halides is 2. The lowest BCUT2D eigenvalue weighted by Gasteiger charge is -1.97. The topological polar surface area (TPSA) is 25.8 Å². The Morgan fingerprint density at radius 3 is 2.30 bits per heavy atom. The smallest absolute Gasteiger partial charge is 0.251 e. The summed E-state index contributed by atoms with van der Waals surface area (Å²) >= 11 is 2.84. The molecule has 0 spiro atoms. The monoisotopic (exact) mass is 208 g/mol. The van der Waals surface area contributed by atoms with E-state index in [1.807, 2.05) is 0 Å². The molecule has 5 heteroatoms. The highest BCUT2D eigenvalue weighted by atomic mass is 79.9. The molecule has 0 unspecified atom stereocenters. The number of rotatable bonds is 1. The van der Waals surface area contributed by atoms with Gasteiger partial charge in [0.25, 0.3) is 6.43 Å². The van der Waals surface area contributed by atoms with Crippen molar-refractivity contribution < 1.29 is 8.78 Å². The zero-order chi connectivity index (χ0) is 7.56. The number of hydrogen-bond acceptors (Lipinski definition) is 2. The lowest BCUT2D eigenvalue weighted by atomic mass is 10.5. The zero-order valence-electron chi connectivity index (χ0n) is 4.76. The molecule has 0 atom stereocenters. The summed E-state index contributed by atoms with van der Waals surface area (Å²) in [5.41, 5.74) is -0.317. The number of hydrogen-bond donors (Lipinski definition) is 0. The molecule has 10 heavy (non-hydrogen) atoms. The lowest BCUT2D eigenvalue weighted by Crippen LogP contribution is -1.92. The van der Waals surface area contributed by atoms with E-state index in [4.69, 9.17) is 0 Å². The molecule has 0 aliphatic rings. The Labute approximate surface area is 64.4 Å². The van der Waals surface area contributed by atoms with Gasteiger partial charge in [0.2, 0.25) is 0 Å². The summed E-state index contributed by atoms with van der Waals surface area (Å²) in [6, 6.07) is 0. The highest BCUT2D eigenvalue weighted by Crippen LogP contribution is 2.21. The summed E-state index contributed by atoms with van der Waals surface area (Å²) in [4.78, 5) is 6.99. The normalized spacial score (nSPS) is 10.4. The van der Waals surface area contributed by atoms with Crippen LogP contribution in [0.15, 0.2) is 17.0 Å². The van der Waals surface area contributed by atoms with Crippen LogP contribution >= 0.6 is 15.9 Å². The predicted octanol–water partition coefficient (Wildman–Crippen LogP) is 2.18. The van der Waals surface area contributed by atoms with Crippen LogP contribution in [-0.4, -0.2) is 9.97 Å².